The molecule has 3 rings (SSSR count). The molecule has 0 bridgehead atoms. The van der Waals surface area contributed by atoms with Crippen molar-refractivity contribution in [3.05, 3.63) is 53.1 Å². The number of fused-ring (bicyclic) bond motifs is 1. The van der Waals surface area contributed by atoms with Gasteiger partial charge in [0.15, 0.2) is 0 Å². The Morgan fingerprint density at radius 1 is 1.19 bits per heavy atom. The molecule has 1 unspecified atom stereocenters. The Balaban J connectivity index is 2.08. The minimum atomic E-state index is 0.0914. The largest absolute Gasteiger partial charge is 0.492 e. The molecular weight excluding hydrogens is 286 g/mol. The fraction of sp³-hybridized carbons (Fsp3) is 0.294. The van der Waals surface area contributed by atoms with Crippen LogP contribution in [0.15, 0.2) is 42.5 Å². The molecule has 110 valence electrons. The summed E-state index contributed by atoms with van der Waals surface area (Å²) >= 11 is 6.44. The molecule has 21 heavy (non-hydrogen) atoms. The van der Waals surface area contributed by atoms with Gasteiger partial charge in [-0.1, -0.05) is 41.9 Å². The number of rotatable bonds is 3. The van der Waals surface area contributed by atoms with Crippen molar-refractivity contribution in [1.29, 1.82) is 0 Å². The van der Waals surface area contributed by atoms with Crippen molar-refractivity contribution in [2.45, 2.75) is 18.9 Å². The van der Waals surface area contributed by atoms with Crippen LogP contribution in [-0.2, 0) is 4.84 Å². The zero-order valence-electron chi connectivity index (χ0n) is 11.9. The lowest BCUT2D eigenvalue weighted by molar-refractivity contribution is 0.0580. The molecule has 4 heteroatoms. The first-order valence-corrected chi connectivity index (χ1v) is 7.47. The topological polar surface area (TPSA) is 30.5 Å². The third kappa shape index (κ3) is 3.05. The standard InChI is InChI=1S/C17H18ClNO2/c1-20-19-16-8-5-9-21-17-14(16)10-13(11-15(17)18)12-6-3-2-4-7-12/h2-4,6-7,10-11,16,19H,5,8-9H2,1H3. The van der Waals surface area contributed by atoms with Crippen LogP contribution in [0.5, 0.6) is 5.75 Å². The van der Waals surface area contributed by atoms with E-state index in [9.17, 15) is 0 Å². The average molecular weight is 304 g/mol. The summed E-state index contributed by atoms with van der Waals surface area (Å²) in [6.07, 6.45) is 1.92. The summed E-state index contributed by atoms with van der Waals surface area (Å²) in [5.74, 6) is 0.767. The van der Waals surface area contributed by atoms with Crippen LogP contribution in [-0.4, -0.2) is 13.7 Å². The second-order valence-electron chi connectivity index (χ2n) is 5.11. The first-order valence-electron chi connectivity index (χ1n) is 7.10. The summed E-state index contributed by atoms with van der Waals surface area (Å²) < 4.78 is 5.82. The quantitative estimate of drug-likeness (QED) is 0.854. The van der Waals surface area contributed by atoms with E-state index >= 15 is 0 Å². The molecule has 1 aliphatic heterocycles. The van der Waals surface area contributed by atoms with Gasteiger partial charge in [0.25, 0.3) is 0 Å². The lowest BCUT2D eigenvalue weighted by atomic mass is 9.97. The maximum Gasteiger partial charge on any atom is 0.142 e. The van der Waals surface area contributed by atoms with Crippen LogP contribution < -0.4 is 10.2 Å². The fourth-order valence-electron chi connectivity index (χ4n) is 2.70. The first-order chi connectivity index (χ1) is 10.3. The fourth-order valence-corrected chi connectivity index (χ4v) is 2.99. The number of hydroxylamine groups is 1. The highest BCUT2D eigenvalue weighted by Gasteiger charge is 2.23. The molecule has 1 atom stereocenters. The van der Waals surface area contributed by atoms with Crippen LogP contribution in [0.25, 0.3) is 11.1 Å². The molecule has 0 fully saturated rings. The lowest BCUT2D eigenvalue weighted by Crippen LogP contribution is -2.19. The van der Waals surface area contributed by atoms with Crippen molar-refractivity contribution in [1.82, 2.24) is 5.48 Å². The average Bonchev–Trinajstić information content (AvgIpc) is 2.72. The monoisotopic (exact) mass is 303 g/mol. The van der Waals surface area contributed by atoms with Crippen molar-refractivity contribution in [3.8, 4) is 16.9 Å². The number of hydrogen-bond acceptors (Lipinski definition) is 3. The molecule has 3 nitrogen and oxygen atoms in total. The molecule has 1 aliphatic rings. The van der Waals surface area contributed by atoms with E-state index in [0.29, 0.717) is 11.6 Å². The van der Waals surface area contributed by atoms with Crippen LogP contribution in [0.3, 0.4) is 0 Å². The van der Waals surface area contributed by atoms with Gasteiger partial charge >= 0.3 is 0 Å². The molecule has 2 aromatic carbocycles. The molecule has 0 radical (unpaired) electrons. The molecule has 0 spiro atoms. The predicted molar refractivity (Wildman–Crippen MR) is 84.5 cm³/mol. The van der Waals surface area contributed by atoms with Crippen LogP contribution in [0, 0.1) is 0 Å². The summed E-state index contributed by atoms with van der Waals surface area (Å²) in [6, 6.07) is 14.4. The van der Waals surface area contributed by atoms with Crippen LogP contribution in [0.2, 0.25) is 5.02 Å². The molecule has 0 aliphatic carbocycles. The number of hydrogen-bond donors (Lipinski definition) is 1. The zero-order valence-corrected chi connectivity index (χ0v) is 12.7. The Labute approximate surface area is 129 Å². The molecule has 0 saturated carbocycles. The first kappa shape index (κ1) is 14.4. The van der Waals surface area contributed by atoms with Gasteiger partial charge in [0.1, 0.15) is 5.75 Å². The van der Waals surface area contributed by atoms with Gasteiger partial charge < -0.3 is 9.57 Å². The van der Waals surface area contributed by atoms with Gasteiger partial charge in [-0.15, -0.1) is 0 Å². The highest BCUT2D eigenvalue weighted by atomic mass is 35.5. The Morgan fingerprint density at radius 3 is 2.76 bits per heavy atom. The van der Waals surface area contributed by atoms with Crippen molar-refractivity contribution < 1.29 is 9.57 Å². The molecule has 0 amide bonds. The van der Waals surface area contributed by atoms with E-state index in [0.717, 1.165) is 35.3 Å². The van der Waals surface area contributed by atoms with Crippen molar-refractivity contribution >= 4 is 11.6 Å². The molecule has 1 N–H and O–H groups in total. The normalized spacial score (nSPS) is 17.7. The second-order valence-corrected chi connectivity index (χ2v) is 5.51. The molecule has 2 aromatic rings. The summed E-state index contributed by atoms with van der Waals surface area (Å²) in [5, 5.41) is 0.649. The van der Waals surface area contributed by atoms with Crippen molar-refractivity contribution in [2.75, 3.05) is 13.7 Å². The van der Waals surface area contributed by atoms with E-state index in [1.54, 1.807) is 7.11 Å². The highest BCUT2D eigenvalue weighted by molar-refractivity contribution is 6.32. The Hall–Kier alpha value is -1.55. The van der Waals surface area contributed by atoms with E-state index in [-0.39, 0.29) is 6.04 Å². The van der Waals surface area contributed by atoms with Gasteiger partial charge in [-0.25, -0.2) is 0 Å². The minimum Gasteiger partial charge on any atom is -0.492 e. The number of benzene rings is 2. The Morgan fingerprint density at radius 2 is 2.00 bits per heavy atom. The van der Waals surface area contributed by atoms with Crippen LogP contribution in [0.4, 0.5) is 0 Å². The van der Waals surface area contributed by atoms with Gasteiger partial charge in [0, 0.05) is 5.56 Å². The number of ether oxygens (including phenoxy) is 1. The van der Waals surface area contributed by atoms with Crippen LogP contribution in [0.1, 0.15) is 24.4 Å². The van der Waals surface area contributed by atoms with E-state index < -0.39 is 0 Å². The molecule has 0 aromatic heterocycles. The van der Waals surface area contributed by atoms with E-state index in [4.69, 9.17) is 21.2 Å². The van der Waals surface area contributed by atoms with Gasteiger partial charge in [0.2, 0.25) is 0 Å². The maximum absolute atomic E-state index is 6.44. The molecule has 0 saturated heterocycles. The second kappa shape index (κ2) is 6.48. The van der Waals surface area contributed by atoms with Crippen molar-refractivity contribution in [3.63, 3.8) is 0 Å². The van der Waals surface area contributed by atoms with E-state index in [2.05, 4.69) is 23.7 Å². The molecule has 1 heterocycles. The van der Waals surface area contributed by atoms with Gasteiger partial charge in [0.05, 0.1) is 24.8 Å². The summed E-state index contributed by atoms with van der Waals surface area (Å²) in [4.78, 5) is 5.13. The van der Waals surface area contributed by atoms with Gasteiger partial charge in [-0.05, 0) is 36.1 Å². The minimum absolute atomic E-state index is 0.0914. The summed E-state index contributed by atoms with van der Waals surface area (Å²) in [7, 11) is 1.63. The number of halogens is 1. The summed E-state index contributed by atoms with van der Waals surface area (Å²) in [5.41, 5.74) is 6.34. The zero-order chi connectivity index (χ0) is 14.7. The van der Waals surface area contributed by atoms with Crippen molar-refractivity contribution in [2.24, 2.45) is 0 Å². The summed E-state index contributed by atoms with van der Waals surface area (Å²) in [6.45, 7) is 0.680. The Kier molecular flexibility index (Phi) is 4.44. The van der Waals surface area contributed by atoms with Gasteiger partial charge in [-0.2, -0.15) is 5.48 Å². The lowest BCUT2D eigenvalue weighted by Gasteiger charge is -2.19. The third-order valence-corrected chi connectivity index (χ3v) is 3.98. The van der Waals surface area contributed by atoms with Gasteiger partial charge in [-0.3, -0.25) is 0 Å². The highest BCUT2D eigenvalue weighted by Crippen LogP contribution is 2.40. The third-order valence-electron chi connectivity index (χ3n) is 3.70. The van der Waals surface area contributed by atoms with Crippen LogP contribution >= 0.6 is 11.6 Å². The number of nitrogens with one attached hydrogen (secondary N) is 1. The molecular formula is C17H18ClNO2. The maximum atomic E-state index is 6.44. The van der Waals surface area contributed by atoms with E-state index in [1.165, 1.54) is 0 Å². The predicted octanol–water partition coefficient (Wildman–Crippen LogP) is 4.37. The van der Waals surface area contributed by atoms with E-state index in [1.807, 2.05) is 24.3 Å². The Bertz CT molecular complexity index is 616. The smallest absolute Gasteiger partial charge is 0.142 e. The SMILES string of the molecule is CONC1CCCOc2c(Cl)cc(-c3ccccc3)cc21.